The van der Waals surface area contributed by atoms with Crippen LogP contribution in [0.4, 0.5) is 4.39 Å². The Labute approximate surface area is 219 Å². The molecule has 0 saturated carbocycles. The molecule has 5 heterocycles. The third-order valence-electron chi connectivity index (χ3n) is 6.94. The van der Waals surface area contributed by atoms with Gasteiger partial charge < -0.3 is 24.2 Å². The molecule has 4 aliphatic rings. The summed E-state index contributed by atoms with van der Waals surface area (Å²) in [6.45, 7) is 3.42. The van der Waals surface area contributed by atoms with E-state index in [4.69, 9.17) is 14.5 Å². The van der Waals surface area contributed by atoms with Crippen molar-refractivity contribution in [3.63, 3.8) is 0 Å². The average molecular weight is 519 g/mol. The predicted octanol–water partition coefficient (Wildman–Crippen LogP) is 1.56. The zero-order valence-electron chi connectivity index (χ0n) is 21.1. The molecule has 196 valence electrons. The number of aromatic nitrogens is 2. The molecule has 1 amide bonds. The predicted molar refractivity (Wildman–Crippen MR) is 138 cm³/mol. The van der Waals surface area contributed by atoms with Gasteiger partial charge in [0.15, 0.2) is 12.0 Å². The number of ether oxygens (including phenoxy) is 2. The van der Waals surface area contributed by atoms with E-state index in [1.54, 1.807) is 44.8 Å². The zero-order chi connectivity index (χ0) is 26.2. The van der Waals surface area contributed by atoms with Crippen LogP contribution >= 0.6 is 0 Å². The highest BCUT2D eigenvalue weighted by molar-refractivity contribution is 6.32. The van der Waals surface area contributed by atoms with Crippen molar-refractivity contribution in [1.29, 1.82) is 0 Å². The number of piperazine rings is 1. The molecule has 12 heteroatoms. The molecule has 1 atom stereocenters. The van der Waals surface area contributed by atoms with E-state index >= 15 is 0 Å². The normalized spacial score (nSPS) is 20.2. The molecular formula is C26H27FN8O3. The van der Waals surface area contributed by atoms with Crippen molar-refractivity contribution in [2.75, 3.05) is 46.9 Å². The lowest BCUT2D eigenvalue weighted by Gasteiger charge is -2.34. The van der Waals surface area contributed by atoms with E-state index in [2.05, 4.69) is 19.9 Å². The van der Waals surface area contributed by atoms with E-state index in [-0.39, 0.29) is 24.4 Å². The van der Waals surface area contributed by atoms with Gasteiger partial charge in [-0.05, 0) is 24.3 Å². The van der Waals surface area contributed by atoms with Crippen LogP contribution in [0.2, 0.25) is 0 Å². The van der Waals surface area contributed by atoms with Crippen LogP contribution in [0.5, 0.6) is 11.8 Å². The Kier molecular flexibility index (Phi) is 6.24. The molecule has 4 aliphatic heterocycles. The zero-order valence-corrected chi connectivity index (χ0v) is 21.1. The summed E-state index contributed by atoms with van der Waals surface area (Å²) in [5.74, 6) is 1.97. The third kappa shape index (κ3) is 4.58. The molecule has 2 aromatic rings. The second kappa shape index (κ2) is 9.86. The van der Waals surface area contributed by atoms with E-state index in [1.807, 2.05) is 20.9 Å². The lowest BCUT2D eigenvalue weighted by Crippen LogP contribution is -2.50. The number of hydrogen-bond acceptors (Lipinski definition) is 10. The number of rotatable bonds is 7. The molecule has 1 aromatic heterocycles. The van der Waals surface area contributed by atoms with Crippen molar-refractivity contribution in [3.05, 3.63) is 65.6 Å². The quantitative estimate of drug-likeness (QED) is 0.510. The van der Waals surface area contributed by atoms with Gasteiger partial charge in [-0.2, -0.15) is 9.97 Å². The van der Waals surface area contributed by atoms with Crippen LogP contribution in [0.25, 0.3) is 5.70 Å². The van der Waals surface area contributed by atoms with Gasteiger partial charge in [0.1, 0.15) is 11.6 Å². The summed E-state index contributed by atoms with van der Waals surface area (Å²) in [6, 6.07) is 7.90. The fraction of sp³-hybridized carbons (Fsp3) is 0.346. The van der Waals surface area contributed by atoms with Crippen molar-refractivity contribution in [2.45, 2.75) is 12.7 Å². The monoisotopic (exact) mass is 518 g/mol. The number of carbonyl (C=O) groups excluding carboxylic acids is 1. The van der Waals surface area contributed by atoms with Crippen LogP contribution in [0.1, 0.15) is 11.4 Å². The average Bonchev–Trinajstić information content (AvgIpc) is 3.67. The van der Waals surface area contributed by atoms with Crippen molar-refractivity contribution < 1.29 is 18.7 Å². The molecule has 38 heavy (non-hydrogen) atoms. The highest BCUT2D eigenvalue weighted by Crippen LogP contribution is 2.45. The van der Waals surface area contributed by atoms with Crippen LogP contribution in [-0.2, 0) is 11.3 Å². The molecule has 0 radical (unpaired) electrons. The minimum Gasteiger partial charge on any atom is -0.481 e. The first-order valence-electron chi connectivity index (χ1n) is 12.3. The van der Waals surface area contributed by atoms with Gasteiger partial charge in [0, 0.05) is 44.1 Å². The fourth-order valence-electron chi connectivity index (χ4n) is 4.91. The van der Waals surface area contributed by atoms with Crippen molar-refractivity contribution in [3.8, 4) is 11.8 Å². The molecule has 0 bridgehead atoms. The maximum atomic E-state index is 13.5. The van der Waals surface area contributed by atoms with Gasteiger partial charge in [-0.25, -0.2) is 9.38 Å². The number of halogens is 1. The lowest BCUT2D eigenvalue weighted by molar-refractivity contribution is -0.133. The summed E-state index contributed by atoms with van der Waals surface area (Å²) < 4.78 is 24.0. The van der Waals surface area contributed by atoms with Crippen molar-refractivity contribution >= 4 is 23.7 Å². The maximum Gasteiger partial charge on any atom is 0.242 e. The number of carbonyl (C=O) groups is 1. The van der Waals surface area contributed by atoms with Gasteiger partial charge in [0.05, 0.1) is 51.0 Å². The Hall–Kier alpha value is -4.32. The smallest absolute Gasteiger partial charge is 0.242 e. The van der Waals surface area contributed by atoms with Crippen LogP contribution < -0.4 is 9.47 Å². The molecule has 11 nitrogen and oxygen atoms in total. The van der Waals surface area contributed by atoms with Crippen LogP contribution in [0.15, 0.2) is 58.4 Å². The van der Waals surface area contributed by atoms with Crippen molar-refractivity contribution in [2.24, 2.45) is 9.98 Å². The summed E-state index contributed by atoms with van der Waals surface area (Å²) in [5.41, 5.74) is 2.51. The minimum absolute atomic E-state index is 0.0560. The lowest BCUT2D eigenvalue weighted by atomic mass is 10.1. The van der Waals surface area contributed by atoms with Gasteiger partial charge in [0.2, 0.25) is 17.7 Å². The summed E-state index contributed by atoms with van der Waals surface area (Å²) in [5, 5.41) is 0. The molecule has 1 aromatic carbocycles. The second-order valence-electron chi connectivity index (χ2n) is 9.22. The summed E-state index contributed by atoms with van der Waals surface area (Å²) in [7, 11) is 3.12. The number of nitrogens with zero attached hydrogens (tertiary/aromatic N) is 8. The summed E-state index contributed by atoms with van der Waals surface area (Å²) in [6.07, 6.45) is 5.16. The molecular weight excluding hydrogens is 491 g/mol. The van der Waals surface area contributed by atoms with Gasteiger partial charge in [-0.3, -0.25) is 14.7 Å². The molecule has 0 N–H and O–H groups in total. The number of methoxy groups -OCH3 is 2. The first kappa shape index (κ1) is 24.0. The standard InChI is InChI=1S/C26H27FN8O3/c1-37-21-13-22(38-2)30-19(29-21)15-32-9-11-33(12-10-32)23(36)16-35-25-24(17-3-5-18(27)6-4-17)31-20-14-28-7-8-34(20)26(25)35/h3-8,13-14,26H,9-12,15-16H2,1-2H3. The Morgan fingerprint density at radius 3 is 2.45 bits per heavy atom. The minimum atomic E-state index is -0.303. The second-order valence-corrected chi connectivity index (χ2v) is 9.22. The highest BCUT2D eigenvalue weighted by atomic mass is 19.1. The number of aliphatic imine (C=N–C) groups is 2. The number of amides is 1. The first-order valence-corrected chi connectivity index (χ1v) is 12.3. The van der Waals surface area contributed by atoms with Crippen molar-refractivity contribution in [1.82, 2.24) is 29.6 Å². The Morgan fingerprint density at radius 2 is 1.76 bits per heavy atom. The van der Waals surface area contributed by atoms with E-state index in [0.29, 0.717) is 56.1 Å². The van der Waals surface area contributed by atoms with E-state index < -0.39 is 0 Å². The molecule has 2 saturated heterocycles. The van der Waals surface area contributed by atoms with Crippen LogP contribution in [0.3, 0.4) is 0 Å². The number of hydrogen-bond donors (Lipinski definition) is 0. The molecule has 0 aliphatic carbocycles. The van der Waals surface area contributed by atoms with Gasteiger partial charge >= 0.3 is 0 Å². The molecule has 1 unspecified atom stereocenters. The molecule has 0 spiro atoms. The summed E-state index contributed by atoms with van der Waals surface area (Å²) in [4.78, 5) is 39.2. The number of amidine groups is 1. The van der Waals surface area contributed by atoms with Crippen LogP contribution in [-0.4, -0.2) is 101 Å². The first-order chi connectivity index (χ1) is 18.5. The Balaban J connectivity index is 1.11. The molecule has 2 fully saturated rings. The van der Waals surface area contributed by atoms with E-state index in [9.17, 15) is 9.18 Å². The Morgan fingerprint density at radius 1 is 1.05 bits per heavy atom. The molecule has 6 rings (SSSR count). The van der Waals surface area contributed by atoms with E-state index in [1.165, 1.54) is 12.1 Å². The maximum absolute atomic E-state index is 13.5. The van der Waals surface area contributed by atoms with Gasteiger partial charge in [-0.15, -0.1) is 0 Å². The number of fused-ring (bicyclic) bond motifs is 3. The number of benzene rings is 1. The fourth-order valence-corrected chi connectivity index (χ4v) is 4.91. The third-order valence-corrected chi connectivity index (χ3v) is 6.94. The van der Waals surface area contributed by atoms with Gasteiger partial charge in [-0.1, -0.05) is 0 Å². The highest BCUT2D eigenvalue weighted by Gasteiger charge is 2.52. The van der Waals surface area contributed by atoms with Crippen LogP contribution in [0, 0.1) is 5.82 Å². The SMILES string of the molecule is COc1cc(OC)nc(CN2CCN(C(=O)CN3C4=C(c5ccc(F)cc5)N=C5C=NC=CN5C43)CC2)n1. The Bertz CT molecular complexity index is 1340. The summed E-state index contributed by atoms with van der Waals surface area (Å²) >= 11 is 0. The van der Waals surface area contributed by atoms with Gasteiger partial charge in [0.25, 0.3) is 0 Å². The van der Waals surface area contributed by atoms with E-state index in [0.717, 1.165) is 17.0 Å². The topological polar surface area (TPSA) is 98.8 Å². The largest absolute Gasteiger partial charge is 0.481 e.